The van der Waals surface area contributed by atoms with Gasteiger partial charge in [0.2, 0.25) is 5.91 Å². The van der Waals surface area contributed by atoms with Gasteiger partial charge in [0.1, 0.15) is 12.4 Å². The number of imidazole rings is 1. The summed E-state index contributed by atoms with van der Waals surface area (Å²) >= 11 is 0. The highest BCUT2D eigenvalue weighted by Gasteiger charge is 2.27. The summed E-state index contributed by atoms with van der Waals surface area (Å²) in [6, 6.07) is 8.95. The van der Waals surface area contributed by atoms with Crippen LogP contribution in [0.3, 0.4) is 0 Å². The van der Waals surface area contributed by atoms with E-state index in [1.165, 1.54) is 6.07 Å². The number of aromatic nitrogens is 3. The van der Waals surface area contributed by atoms with Gasteiger partial charge in [-0.25, -0.2) is 4.98 Å². The number of fused-ring (bicyclic) bond motifs is 1. The first-order valence-electron chi connectivity index (χ1n) is 8.96. The van der Waals surface area contributed by atoms with Gasteiger partial charge in [-0.15, -0.1) is 0 Å². The molecule has 1 aliphatic heterocycles. The van der Waals surface area contributed by atoms with Gasteiger partial charge in [-0.2, -0.15) is 0 Å². The maximum Gasteiger partial charge on any atom is 0.242 e. The highest BCUT2D eigenvalue weighted by Crippen LogP contribution is 2.25. The highest BCUT2D eigenvalue weighted by atomic mass is 16.2. The molecule has 134 valence electrons. The number of amides is 1. The molecular formula is C20H22N4O2. The summed E-state index contributed by atoms with van der Waals surface area (Å²) in [6.07, 6.45) is 7.50. The molecule has 0 spiro atoms. The lowest BCUT2D eigenvalue weighted by Gasteiger charge is -2.32. The third-order valence-corrected chi connectivity index (χ3v) is 5.19. The van der Waals surface area contributed by atoms with Crippen LogP contribution in [0, 0.1) is 0 Å². The minimum atomic E-state index is -0.0166. The summed E-state index contributed by atoms with van der Waals surface area (Å²) in [5.41, 5.74) is 0.781. The molecule has 0 bridgehead atoms. The Morgan fingerprint density at radius 3 is 2.88 bits per heavy atom. The number of hydrogen-bond acceptors (Lipinski definition) is 3. The molecule has 6 heteroatoms. The third kappa shape index (κ3) is 3.03. The Balaban J connectivity index is 1.54. The molecule has 4 rings (SSSR count). The Morgan fingerprint density at radius 2 is 2.08 bits per heavy atom. The number of carbonyl (C=O) groups excluding carboxylic acids is 1. The number of para-hydroxylation sites is 1. The maximum absolute atomic E-state index is 12.9. The largest absolute Gasteiger partial charge is 0.340 e. The van der Waals surface area contributed by atoms with E-state index in [0.717, 1.165) is 30.7 Å². The predicted octanol–water partition coefficient (Wildman–Crippen LogP) is 2.14. The Morgan fingerprint density at radius 1 is 1.23 bits per heavy atom. The molecule has 1 aliphatic rings. The Kier molecular flexibility index (Phi) is 4.32. The van der Waals surface area contributed by atoms with Crippen LogP contribution in [0.25, 0.3) is 10.9 Å². The van der Waals surface area contributed by atoms with Crippen molar-refractivity contribution in [2.45, 2.75) is 25.3 Å². The van der Waals surface area contributed by atoms with Crippen molar-refractivity contribution >= 4 is 16.8 Å². The van der Waals surface area contributed by atoms with Crippen molar-refractivity contribution in [3.05, 3.63) is 65.0 Å². The second-order valence-corrected chi connectivity index (χ2v) is 6.90. The van der Waals surface area contributed by atoms with E-state index >= 15 is 0 Å². The molecule has 1 unspecified atom stereocenters. The van der Waals surface area contributed by atoms with Gasteiger partial charge in [-0.1, -0.05) is 12.1 Å². The number of pyridine rings is 1. The maximum atomic E-state index is 12.9. The number of hydrogen-bond donors (Lipinski definition) is 0. The monoisotopic (exact) mass is 350 g/mol. The van der Waals surface area contributed by atoms with Crippen LogP contribution in [-0.4, -0.2) is 38.0 Å². The fourth-order valence-corrected chi connectivity index (χ4v) is 3.83. The number of rotatable bonds is 3. The molecule has 1 atom stereocenters. The van der Waals surface area contributed by atoms with Crippen molar-refractivity contribution in [2.24, 2.45) is 7.05 Å². The highest BCUT2D eigenvalue weighted by molar-refractivity contribution is 5.82. The lowest BCUT2D eigenvalue weighted by Crippen LogP contribution is -2.41. The number of aryl methyl sites for hydroxylation is 1. The lowest BCUT2D eigenvalue weighted by atomic mass is 9.97. The fourth-order valence-electron chi connectivity index (χ4n) is 3.83. The molecular weight excluding hydrogens is 328 g/mol. The van der Waals surface area contributed by atoms with Crippen molar-refractivity contribution in [2.75, 3.05) is 13.1 Å². The smallest absolute Gasteiger partial charge is 0.242 e. The average Bonchev–Trinajstić information content (AvgIpc) is 3.10. The van der Waals surface area contributed by atoms with Gasteiger partial charge < -0.3 is 14.0 Å². The molecule has 0 N–H and O–H groups in total. The van der Waals surface area contributed by atoms with Crippen LogP contribution in [0.1, 0.15) is 24.6 Å². The zero-order valence-corrected chi connectivity index (χ0v) is 14.8. The van der Waals surface area contributed by atoms with Gasteiger partial charge in [-0.3, -0.25) is 9.59 Å². The molecule has 3 aromatic rings. The van der Waals surface area contributed by atoms with Gasteiger partial charge in [0.15, 0.2) is 5.43 Å². The van der Waals surface area contributed by atoms with Gasteiger partial charge in [-0.05, 0) is 25.0 Å². The van der Waals surface area contributed by atoms with Crippen LogP contribution in [0.15, 0.2) is 53.7 Å². The van der Waals surface area contributed by atoms with Crippen LogP contribution in [-0.2, 0) is 18.4 Å². The molecule has 0 aliphatic carbocycles. The van der Waals surface area contributed by atoms with Crippen molar-refractivity contribution < 1.29 is 4.79 Å². The van der Waals surface area contributed by atoms with Crippen LogP contribution < -0.4 is 5.43 Å². The SMILES string of the molecule is Cn1ccnc1C1CCCN(C(=O)Cn2ccc(=O)c3ccccc32)C1. The molecule has 6 nitrogen and oxygen atoms in total. The van der Waals surface area contributed by atoms with Gasteiger partial charge >= 0.3 is 0 Å². The Hall–Kier alpha value is -2.89. The first-order chi connectivity index (χ1) is 12.6. The Labute approximate surface area is 151 Å². The zero-order valence-electron chi connectivity index (χ0n) is 14.8. The van der Waals surface area contributed by atoms with Crippen molar-refractivity contribution in [3.63, 3.8) is 0 Å². The standard InChI is InChI=1S/C20H22N4O2/c1-22-12-9-21-20(22)15-5-4-10-24(13-15)19(26)14-23-11-8-18(25)16-6-2-3-7-17(16)23/h2-3,6-9,11-12,15H,4-5,10,13-14H2,1H3. The number of carbonyl (C=O) groups is 1. The van der Waals surface area contributed by atoms with Gasteiger partial charge in [0, 0.05) is 56.1 Å². The quantitative estimate of drug-likeness (QED) is 0.727. The normalized spacial score (nSPS) is 17.6. The van der Waals surface area contributed by atoms with Crippen LogP contribution >= 0.6 is 0 Å². The lowest BCUT2D eigenvalue weighted by molar-refractivity contribution is -0.133. The average molecular weight is 350 g/mol. The summed E-state index contributed by atoms with van der Waals surface area (Å²) < 4.78 is 3.90. The molecule has 1 amide bonds. The predicted molar refractivity (Wildman–Crippen MR) is 100.0 cm³/mol. The summed E-state index contributed by atoms with van der Waals surface area (Å²) in [5.74, 6) is 1.40. The summed E-state index contributed by atoms with van der Waals surface area (Å²) in [7, 11) is 2.00. The molecule has 0 saturated carbocycles. The Bertz CT molecular complexity index is 1000. The number of piperidine rings is 1. The van der Waals surface area contributed by atoms with E-state index in [0.29, 0.717) is 11.9 Å². The van der Waals surface area contributed by atoms with E-state index in [2.05, 4.69) is 4.98 Å². The van der Waals surface area contributed by atoms with Crippen LogP contribution in [0.5, 0.6) is 0 Å². The topological polar surface area (TPSA) is 60.1 Å². The van der Waals surface area contributed by atoms with E-state index in [1.54, 1.807) is 12.3 Å². The molecule has 3 heterocycles. The first-order valence-corrected chi connectivity index (χ1v) is 8.96. The number of benzene rings is 1. The summed E-state index contributed by atoms with van der Waals surface area (Å²) in [4.78, 5) is 31.3. The molecule has 1 fully saturated rings. The summed E-state index contributed by atoms with van der Waals surface area (Å²) in [5, 5.41) is 0.646. The second-order valence-electron chi connectivity index (χ2n) is 6.90. The third-order valence-electron chi connectivity index (χ3n) is 5.19. The van der Waals surface area contributed by atoms with Gasteiger partial charge in [0.05, 0.1) is 5.52 Å². The van der Waals surface area contributed by atoms with E-state index in [-0.39, 0.29) is 23.8 Å². The van der Waals surface area contributed by atoms with Crippen molar-refractivity contribution in [3.8, 4) is 0 Å². The van der Waals surface area contributed by atoms with E-state index < -0.39 is 0 Å². The fraction of sp³-hybridized carbons (Fsp3) is 0.350. The molecule has 26 heavy (non-hydrogen) atoms. The van der Waals surface area contributed by atoms with E-state index in [9.17, 15) is 9.59 Å². The first kappa shape index (κ1) is 16.6. The molecule has 1 saturated heterocycles. The van der Waals surface area contributed by atoms with Crippen LogP contribution in [0.4, 0.5) is 0 Å². The van der Waals surface area contributed by atoms with Crippen molar-refractivity contribution in [1.82, 2.24) is 19.0 Å². The van der Waals surface area contributed by atoms with Gasteiger partial charge in [0.25, 0.3) is 0 Å². The minimum absolute atomic E-state index is 0.0166. The van der Waals surface area contributed by atoms with Crippen molar-refractivity contribution in [1.29, 1.82) is 0 Å². The van der Waals surface area contributed by atoms with E-state index in [1.807, 2.05) is 51.7 Å². The van der Waals surface area contributed by atoms with Crippen LogP contribution in [0.2, 0.25) is 0 Å². The molecule has 1 aromatic carbocycles. The van der Waals surface area contributed by atoms with E-state index in [4.69, 9.17) is 0 Å². The molecule has 0 radical (unpaired) electrons. The second kappa shape index (κ2) is 6.78. The number of likely N-dealkylation sites (tertiary alicyclic amines) is 1. The molecule has 2 aromatic heterocycles. The minimum Gasteiger partial charge on any atom is -0.340 e. The summed E-state index contributed by atoms with van der Waals surface area (Å²) in [6.45, 7) is 1.72. The number of nitrogens with zero attached hydrogens (tertiary/aromatic N) is 4. The zero-order chi connectivity index (χ0) is 18.1.